The quantitative estimate of drug-likeness (QED) is 0.248. The lowest BCUT2D eigenvalue weighted by molar-refractivity contribution is -0.129. The summed E-state index contributed by atoms with van der Waals surface area (Å²) in [7, 11) is 4.63. The summed E-state index contributed by atoms with van der Waals surface area (Å²) in [4.78, 5) is 12.3. The second-order valence-corrected chi connectivity index (χ2v) is 7.57. The molecule has 0 unspecified atom stereocenters. The Balaban J connectivity index is 2.02. The van der Waals surface area contributed by atoms with Crippen LogP contribution in [-0.2, 0) is 17.8 Å². The largest absolute Gasteiger partial charge is 0.495 e. The topological polar surface area (TPSA) is 80.0 Å². The molecule has 4 rings (SSSR count). The normalized spacial score (nSPS) is 11.8. The summed E-state index contributed by atoms with van der Waals surface area (Å²) < 4.78 is 23.0. The maximum atomic E-state index is 12.3. The Morgan fingerprint density at radius 2 is 1.55 bits per heavy atom. The van der Waals surface area contributed by atoms with Crippen LogP contribution in [0.4, 0.5) is 0 Å². The SMILES string of the molecule is CC=CC(=O)Oc1c(CN)c(OC)c(-c2cccc3c2Cc2ccccc2-3)c(OC)c1OC. The molecule has 170 valence electrons. The highest BCUT2D eigenvalue weighted by atomic mass is 16.6. The average Bonchev–Trinajstić information content (AvgIpc) is 3.22. The summed E-state index contributed by atoms with van der Waals surface area (Å²) in [6.07, 6.45) is 3.71. The second-order valence-electron chi connectivity index (χ2n) is 7.57. The number of nitrogens with two attached hydrogens (primary N) is 1. The van der Waals surface area contributed by atoms with Gasteiger partial charge in [0.1, 0.15) is 5.75 Å². The lowest BCUT2D eigenvalue weighted by Gasteiger charge is -2.24. The average molecular weight is 446 g/mol. The highest BCUT2D eigenvalue weighted by molar-refractivity contribution is 5.93. The minimum Gasteiger partial charge on any atom is -0.495 e. The highest BCUT2D eigenvalue weighted by Gasteiger charge is 2.32. The molecule has 0 heterocycles. The summed E-state index contributed by atoms with van der Waals surface area (Å²) in [5.74, 6) is 0.844. The maximum Gasteiger partial charge on any atom is 0.335 e. The third-order valence-electron chi connectivity index (χ3n) is 5.86. The van der Waals surface area contributed by atoms with E-state index >= 15 is 0 Å². The summed E-state index contributed by atoms with van der Waals surface area (Å²) in [6, 6.07) is 14.6. The molecule has 1 aliphatic carbocycles. The second kappa shape index (κ2) is 9.38. The van der Waals surface area contributed by atoms with E-state index in [4.69, 9.17) is 24.7 Å². The van der Waals surface area contributed by atoms with E-state index in [2.05, 4.69) is 24.3 Å². The molecule has 0 aromatic heterocycles. The van der Waals surface area contributed by atoms with Crippen LogP contribution in [0.3, 0.4) is 0 Å². The van der Waals surface area contributed by atoms with Crippen molar-refractivity contribution in [3.63, 3.8) is 0 Å². The highest BCUT2D eigenvalue weighted by Crippen LogP contribution is 2.55. The van der Waals surface area contributed by atoms with Crippen LogP contribution in [0.1, 0.15) is 23.6 Å². The van der Waals surface area contributed by atoms with Crippen molar-refractivity contribution in [2.24, 2.45) is 5.73 Å². The first kappa shape index (κ1) is 22.4. The van der Waals surface area contributed by atoms with Crippen molar-refractivity contribution in [1.29, 1.82) is 0 Å². The Bertz CT molecular complexity index is 1210. The van der Waals surface area contributed by atoms with Gasteiger partial charge in [0.25, 0.3) is 0 Å². The number of carbonyl (C=O) groups excluding carboxylic acids is 1. The number of carbonyl (C=O) groups is 1. The molecule has 33 heavy (non-hydrogen) atoms. The van der Waals surface area contributed by atoms with Crippen LogP contribution in [0.2, 0.25) is 0 Å². The summed E-state index contributed by atoms with van der Waals surface area (Å²) in [5, 5.41) is 0. The number of fused-ring (bicyclic) bond motifs is 3. The van der Waals surface area contributed by atoms with Gasteiger partial charge in [0.05, 0.1) is 32.5 Å². The van der Waals surface area contributed by atoms with E-state index in [1.54, 1.807) is 27.2 Å². The molecule has 2 N–H and O–H groups in total. The number of methoxy groups -OCH3 is 3. The Labute approximate surface area is 193 Å². The molecule has 0 spiro atoms. The van der Waals surface area contributed by atoms with Crippen molar-refractivity contribution in [3.05, 3.63) is 71.3 Å². The molecule has 1 aliphatic rings. The number of hydrogen-bond acceptors (Lipinski definition) is 6. The van der Waals surface area contributed by atoms with Crippen LogP contribution in [0.5, 0.6) is 23.0 Å². The maximum absolute atomic E-state index is 12.3. The molecular weight excluding hydrogens is 418 g/mol. The van der Waals surface area contributed by atoms with Crippen LogP contribution in [0, 0.1) is 0 Å². The zero-order valence-electron chi connectivity index (χ0n) is 19.2. The molecule has 0 saturated carbocycles. The van der Waals surface area contributed by atoms with Gasteiger partial charge in [0, 0.05) is 12.6 Å². The van der Waals surface area contributed by atoms with Crippen molar-refractivity contribution < 1.29 is 23.7 Å². The van der Waals surface area contributed by atoms with Gasteiger partial charge in [-0.1, -0.05) is 48.5 Å². The van der Waals surface area contributed by atoms with Crippen molar-refractivity contribution in [3.8, 4) is 45.3 Å². The molecular formula is C27H27NO5. The van der Waals surface area contributed by atoms with E-state index < -0.39 is 5.97 Å². The smallest absolute Gasteiger partial charge is 0.335 e. The molecule has 0 atom stereocenters. The number of rotatable bonds is 7. The minimum atomic E-state index is -0.543. The van der Waals surface area contributed by atoms with Gasteiger partial charge in [-0.2, -0.15) is 0 Å². The molecule has 3 aromatic rings. The Hall–Kier alpha value is -3.77. The lowest BCUT2D eigenvalue weighted by Crippen LogP contribution is -2.12. The predicted octanol–water partition coefficient (Wildman–Crippen LogP) is 4.89. The molecule has 6 nitrogen and oxygen atoms in total. The molecule has 0 bridgehead atoms. The molecule has 0 saturated heterocycles. The standard InChI is InChI=1S/C27H27NO5/c1-5-9-22(29)33-25-21(15-28)24(30-2)23(26(31-3)27(25)32-4)19-13-8-12-18-17-11-7-6-10-16(17)14-20(18)19/h5-13H,14-15,28H2,1-4H3. The number of allylic oxidation sites excluding steroid dienone is 1. The number of benzene rings is 3. The van der Waals surface area contributed by atoms with Gasteiger partial charge in [-0.05, 0) is 41.2 Å². The molecule has 0 aliphatic heterocycles. The zero-order valence-corrected chi connectivity index (χ0v) is 19.2. The van der Waals surface area contributed by atoms with Crippen molar-refractivity contribution in [2.45, 2.75) is 19.9 Å². The van der Waals surface area contributed by atoms with E-state index in [-0.39, 0.29) is 12.3 Å². The van der Waals surface area contributed by atoms with E-state index in [9.17, 15) is 4.79 Å². The van der Waals surface area contributed by atoms with E-state index in [1.165, 1.54) is 35.4 Å². The predicted molar refractivity (Wildman–Crippen MR) is 128 cm³/mol. The van der Waals surface area contributed by atoms with Crippen molar-refractivity contribution in [1.82, 2.24) is 0 Å². The summed E-state index contributed by atoms with van der Waals surface area (Å²) in [5.41, 5.74) is 13.1. The van der Waals surface area contributed by atoms with Gasteiger partial charge in [0.2, 0.25) is 5.75 Å². The van der Waals surface area contributed by atoms with Crippen LogP contribution in [0.15, 0.2) is 54.6 Å². The first-order valence-corrected chi connectivity index (χ1v) is 10.7. The first-order valence-electron chi connectivity index (χ1n) is 10.7. The van der Waals surface area contributed by atoms with Gasteiger partial charge in [-0.15, -0.1) is 0 Å². The number of ether oxygens (including phenoxy) is 4. The fraction of sp³-hybridized carbons (Fsp3) is 0.222. The molecule has 0 amide bonds. The summed E-state index contributed by atoms with van der Waals surface area (Å²) in [6.45, 7) is 1.81. The number of hydrogen-bond donors (Lipinski definition) is 1. The monoisotopic (exact) mass is 445 g/mol. The lowest BCUT2D eigenvalue weighted by atomic mass is 9.92. The van der Waals surface area contributed by atoms with Gasteiger partial charge >= 0.3 is 5.97 Å². The molecule has 0 fully saturated rings. The third kappa shape index (κ3) is 3.72. The van der Waals surface area contributed by atoms with Crippen LogP contribution >= 0.6 is 0 Å². The van der Waals surface area contributed by atoms with Crippen molar-refractivity contribution >= 4 is 5.97 Å². The Morgan fingerprint density at radius 1 is 0.879 bits per heavy atom. The van der Waals surface area contributed by atoms with Crippen LogP contribution in [0.25, 0.3) is 22.3 Å². The van der Waals surface area contributed by atoms with Gasteiger partial charge in [0.15, 0.2) is 11.5 Å². The first-order chi connectivity index (χ1) is 16.1. The Kier molecular flexibility index (Phi) is 6.38. The molecule has 0 radical (unpaired) electrons. The Morgan fingerprint density at radius 3 is 2.21 bits per heavy atom. The van der Waals surface area contributed by atoms with Gasteiger partial charge in [-0.3, -0.25) is 0 Å². The van der Waals surface area contributed by atoms with Crippen molar-refractivity contribution in [2.75, 3.05) is 21.3 Å². The minimum absolute atomic E-state index is 0.0736. The fourth-order valence-corrected chi connectivity index (χ4v) is 4.52. The van der Waals surface area contributed by atoms with Crippen LogP contribution < -0.4 is 24.7 Å². The van der Waals surface area contributed by atoms with Gasteiger partial charge in [-0.25, -0.2) is 4.79 Å². The molecule has 3 aromatic carbocycles. The van der Waals surface area contributed by atoms with Crippen LogP contribution in [-0.4, -0.2) is 27.3 Å². The zero-order chi connectivity index (χ0) is 23.5. The third-order valence-corrected chi connectivity index (χ3v) is 5.86. The number of esters is 1. The van der Waals surface area contributed by atoms with E-state index in [0.29, 0.717) is 28.4 Å². The van der Waals surface area contributed by atoms with Gasteiger partial charge < -0.3 is 24.7 Å². The van der Waals surface area contributed by atoms with E-state index in [1.807, 2.05) is 18.2 Å². The van der Waals surface area contributed by atoms with E-state index in [0.717, 1.165) is 12.0 Å². The summed E-state index contributed by atoms with van der Waals surface area (Å²) >= 11 is 0. The molecule has 6 heteroatoms. The fourth-order valence-electron chi connectivity index (χ4n) is 4.52.